The van der Waals surface area contributed by atoms with Crippen LogP contribution in [0.15, 0.2) is 48.8 Å². The quantitative estimate of drug-likeness (QED) is 0.853. The number of carbonyl (C=O) groups is 1. The van der Waals surface area contributed by atoms with Gasteiger partial charge in [-0.2, -0.15) is 0 Å². The molecular weight excluding hydrogens is 276 g/mol. The molecule has 0 spiro atoms. The lowest BCUT2D eigenvalue weighted by Crippen LogP contribution is -2.28. The van der Waals surface area contributed by atoms with E-state index in [1.54, 1.807) is 12.4 Å². The second-order valence-electron chi connectivity index (χ2n) is 5.31. The van der Waals surface area contributed by atoms with E-state index < -0.39 is 0 Å². The zero-order valence-electron chi connectivity index (χ0n) is 13.1. The Morgan fingerprint density at radius 2 is 2.05 bits per heavy atom. The van der Waals surface area contributed by atoms with Gasteiger partial charge in [0.2, 0.25) is 0 Å². The normalized spacial score (nSPS) is 11.7. The van der Waals surface area contributed by atoms with E-state index >= 15 is 0 Å². The number of pyridine rings is 1. The first-order valence-electron chi connectivity index (χ1n) is 7.57. The Morgan fingerprint density at radius 3 is 2.68 bits per heavy atom. The van der Waals surface area contributed by atoms with Gasteiger partial charge in [0.1, 0.15) is 5.75 Å². The highest BCUT2D eigenvalue weighted by atomic mass is 16.5. The van der Waals surface area contributed by atoms with Crippen LogP contribution in [0.3, 0.4) is 0 Å². The number of benzene rings is 1. The zero-order valence-corrected chi connectivity index (χ0v) is 13.1. The van der Waals surface area contributed by atoms with Crippen molar-refractivity contribution in [3.63, 3.8) is 0 Å². The van der Waals surface area contributed by atoms with Gasteiger partial charge < -0.3 is 10.1 Å². The summed E-state index contributed by atoms with van der Waals surface area (Å²) in [6, 6.07) is 11.7. The summed E-state index contributed by atoms with van der Waals surface area (Å²) < 4.78 is 5.50. The molecule has 4 heteroatoms. The highest BCUT2D eigenvalue weighted by Gasteiger charge is 2.05. The van der Waals surface area contributed by atoms with Gasteiger partial charge in [0.05, 0.1) is 0 Å². The molecule has 1 aromatic carbocycles. The average Bonchev–Trinajstić information content (AvgIpc) is 2.58. The number of hydrogen-bond acceptors (Lipinski definition) is 3. The number of rotatable bonds is 7. The molecule has 1 amide bonds. The lowest BCUT2D eigenvalue weighted by molar-refractivity contribution is -0.123. The summed E-state index contributed by atoms with van der Waals surface area (Å²) >= 11 is 0. The average molecular weight is 298 g/mol. The van der Waals surface area contributed by atoms with Gasteiger partial charge in [0.15, 0.2) is 6.61 Å². The summed E-state index contributed by atoms with van der Waals surface area (Å²) in [6.45, 7) is 4.84. The second-order valence-corrected chi connectivity index (χ2v) is 5.31. The van der Waals surface area contributed by atoms with Gasteiger partial charge in [0, 0.05) is 18.9 Å². The molecule has 0 aliphatic carbocycles. The SMILES string of the molecule is CCC(C)c1ccc(OCC(=O)NCc2cccnc2)cc1. The number of ether oxygens (including phenoxy) is 1. The molecule has 1 atom stereocenters. The Labute approximate surface area is 131 Å². The fourth-order valence-corrected chi connectivity index (χ4v) is 2.03. The highest BCUT2D eigenvalue weighted by molar-refractivity contribution is 5.77. The molecule has 1 N–H and O–H groups in total. The molecular formula is C18H22N2O2. The van der Waals surface area contributed by atoms with Crippen molar-refractivity contribution in [3.8, 4) is 5.75 Å². The lowest BCUT2D eigenvalue weighted by atomic mass is 9.99. The van der Waals surface area contributed by atoms with Crippen molar-refractivity contribution in [2.75, 3.05) is 6.61 Å². The molecule has 0 saturated heterocycles. The molecule has 0 aliphatic heterocycles. The summed E-state index contributed by atoms with van der Waals surface area (Å²) in [5.74, 6) is 1.11. The molecule has 0 bridgehead atoms. The fraction of sp³-hybridized carbons (Fsp3) is 0.333. The largest absolute Gasteiger partial charge is 0.484 e. The van der Waals surface area contributed by atoms with Crippen molar-refractivity contribution in [1.82, 2.24) is 10.3 Å². The number of hydrogen-bond donors (Lipinski definition) is 1. The van der Waals surface area contributed by atoms with Crippen LogP contribution in [0, 0.1) is 0 Å². The predicted molar refractivity (Wildman–Crippen MR) is 86.7 cm³/mol. The molecule has 0 fully saturated rings. The van der Waals surface area contributed by atoms with E-state index in [9.17, 15) is 4.79 Å². The standard InChI is InChI=1S/C18H22N2O2/c1-3-14(2)16-6-8-17(9-7-16)22-13-18(21)20-12-15-5-4-10-19-11-15/h4-11,14H,3,12-13H2,1-2H3,(H,20,21). The Balaban J connectivity index is 1.76. The highest BCUT2D eigenvalue weighted by Crippen LogP contribution is 2.21. The summed E-state index contributed by atoms with van der Waals surface area (Å²) in [5, 5.41) is 2.80. The van der Waals surface area contributed by atoms with E-state index in [0.717, 1.165) is 12.0 Å². The van der Waals surface area contributed by atoms with Gasteiger partial charge in [-0.1, -0.05) is 32.0 Å². The summed E-state index contributed by atoms with van der Waals surface area (Å²) in [4.78, 5) is 15.8. The monoisotopic (exact) mass is 298 g/mol. The van der Waals surface area contributed by atoms with Crippen LogP contribution in [0.4, 0.5) is 0 Å². The molecule has 1 aromatic heterocycles. The van der Waals surface area contributed by atoms with E-state index in [-0.39, 0.29) is 12.5 Å². The van der Waals surface area contributed by atoms with Crippen LogP contribution in [0.2, 0.25) is 0 Å². The van der Waals surface area contributed by atoms with Gasteiger partial charge in [-0.05, 0) is 41.7 Å². The molecule has 116 valence electrons. The van der Waals surface area contributed by atoms with Crippen LogP contribution in [0.1, 0.15) is 37.3 Å². The maximum Gasteiger partial charge on any atom is 0.258 e. The maximum absolute atomic E-state index is 11.8. The van der Waals surface area contributed by atoms with Gasteiger partial charge in [-0.3, -0.25) is 9.78 Å². The van der Waals surface area contributed by atoms with Gasteiger partial charge in [0.25, 0.3) is 5.91 Å². The Hall–Kier alpha value is -2.36. The summed E-state index contributed by atoms with van der Waals surface area (Å²) in [6.07, 6.45) is 4.54. The molecule has 1 heterocycles. The molecule has 1 unspecified atom stereocenters. The maximum atomic E-state index is 11.8. The molecule has 4 nitrogen and oxygen atoms in total. The van der Waals surface area contributed by atoms with Crippen molar-refractivity contribution < 1.29 is 9.53 Å². The number of carbonyl (C=O) groups excluding carboxylic acids is 1. The molecule has 0 saturated carbocycles. The number of amides is 1. The second kappa shape index (κ2) is 8.17. The Kier molecular flexibility index (Phi) is 5.95. The van der Waals surface area contributed by atoms with Crippen molar-refractivity contribution in [2.45, 2.75) is 32.7 Å². The molecule has 2 rings (SSSR count). The van der Waals surface area contributed by atoms with Crippen LogP contribution < -0.4 is 10.1 Å². The van der Waals surface area contributed by atoms with Crippen LogP contribution in [0.5, 0.6) is 5.75 Å². The van der Waals surface area contributed by atoms with Gasteiger partial charge in [-0.15, -0.1) is 0 Å². The third kappa shape index (κ3) is 4.88. The zero-order chi connectivity index (χ0) is 15.8. The summed E-state index contributed by atoms with van der Waals surface area (Å²) in [5.41, 5.74) is 2.25. The van der Waals surface area contributed by atoms with Gasteiger partial charge in [-0.25, -0.2) is 0 Å². The minimum Gasteiger partial charge on any atom is -0.484 e. The van der Waals surface area contributed by atoms with Crippen LogP contribution in [-0.4, -0.2) is 17.5 Å². The third-order valence-corrected chi connectivity index (χ3v) is 3.64. The van der Waals surface area contributed by atoms with Gasteiger partial charge >= 0.3 is 0 Å². The number of aromatic nitrogens is 1. The van der Waals surface area contributed by atoms with E-state index in [4.69, 9.17) is 4.74 Å². The van der Waals surface area contributed by atoms with E-state index in [1.807, 2.05) is 24.3 Å². The van der Waals surface area contributed by atoms with Crippen LogP contribution in [0.25, 0.3) is 0 Å². The van der Waals surface area contributed by atoms with Crippen LogP contribution in [-0.2, 0) is 11.3 Å². The number of nitrogens with one attached hydrogen (secondary N) is 1. The smallest absolute Gasteiger partial charge is 0.258 e. The fourth-order valence-electron chi connectivity index (χ4n) is 2.03. The predicted octanol–water partition coefficient (Wildman–Crippen LogP) is 3.29. The van der Waals surface area contributed by atoms with Crippen molar-refractivity contribution in [1.29, 1.82) is 0 Å². The molecule has 0 radical (unpaired) electrons. The molecule has 0 aliphatic rings. The van der Waals surface area contributed by atoms with E-state index in [0.29, 0.717) is 18.2 Å². The summed E-state index contributed by atoms with van der Waals surface area (Å²) in [7, 11) is 0. The molecule has 22 heavy (non-hydrogen) atoms. The van der Waals surface area contributed by atoms with Crippen LogP contribution >= 0.6 is 0 Å². The third-order valence-electron chi connectivity index (χ3n) is 3.64. The van der Waals surface area contributed by atoms with Crippen molar-refractivity contribution in [3.05, 3.63) is 59.9 Å². The first-order chi connectivity index (χ1) is 10.7. The van der Waals surface area contributed by atoms with E-state index in [2.05, 4.69) is 36.3 Å². The number of nitrogens with zero attached hydrogens (tertiary/aromatic N) is 1. The first kappa shape index (κ1) is 16.0. The van der Waals surface area contributed by atoms with E-state index in [1.165, 1.54) is 5.56 Å². The Bertz CT molecular complexity index is 582. The Morgan fingerprint density at radius 1 is 1.27 bits per heavy atom. The van der Waals surface area contributed by atoms with Crippen molar-refractivity contribution >= 4 is 5.91 Å². The topological polar surface area (TPSA) is 51.2 Å². The minimum atomic E-state index is -0.144. The first-order valence-corrected chi connectivity index (χ1v) is 7.57. The lowest BCUT2D eigenvalue weighted by Gasteiger charge is -2.11. The molecule has 2 aromatic rings. The van der Waals surface area contributed by atoms with Crippen molar-refractivity contribution in [2.24, 2.45) is 0 Å². The minimum absolute atomic E-state index is 0.0168.